The maximum Gasteiger partial charge on any atom is 0.294 e. The molecule has 242 valence electrons. The van der Waals surface area contributed by atoms with Gasteiger partial charge < -0.3 is 9.80 Å². The zero-order valence-electron chi connectivity index (χ0n) is 27.9. The third-order valence-electron chi connectivity index (χ3n) is 8.50. The average Bonchev–Trinajstić information content (AvgIpc) is 3.07. The van der Waals surface area contributed by atoms with E-state index < -0.39 is 10.1 Å². The van der Waals surface area contributed by atoms with Gasteiger partial charge in [-0.25, -0.2) is 4.58 Å². The Morgan fingerprint density at radius 1 is 0.681 bits per heavy atom. The first kappa shape index (κ1) is 33.6. The molecule has 4 aromatic rings. The molecule has 0 atom stereocenters. The second kappa shape index (κ2) is 14.8. The lowest BCUT2D eigenvalue weighted by Crippen LogP contribution is -2.22. The van der Waals surface area contributed by atoms with Gasteiger partial charge in [-0.1, -0.05) is 66.2 Å². The van der Waals surface area contributed by atoms with Gasteiger partial charge in [0.1, 0.15) is 14.1 Å². The van der Waals surface area contributed by atoms with Gasteiger partial charge in [0.25, 0.3) is 10.1 Å². The molecule has 0 aliphatic heterocycles. The molecule has 0 fully saturated rings. The minimum absolute atomic E-state index is 0.0934. The maximum atomic E-state index is 11.7. The molecule has 0 bridgehead atoms. The Balaban J connectivity index is 1.46. The summed E-state index contributed by atoms with van der Waals surface area (Å²) in [7, 11) is -0.165. The molecule has 0 spiro atoms. The molecule has 0 aromatic heterocycles. The number of nitrogens with zero attached hydrogens (tertiary/aromatic N) is 3. The summed E-state index contributed by atoms with van der Waals surface area (Å²) in [5.74, 6) is 0. The second-order valence-corrected chi connectivity index (χ2v) is 13.5. The Hall–Kier alpha value is -4.72. The van der Waals surface area contributed by atoms with Crippen LogP contribution in [-0.2, 0) is 23.2 Å². The normalized spacial score (nSPS) is 12.7. The van der Waals surface area contributed by atoms with E-state index in [4.69, 9.17) is 0 Å². The van der Waals surface area contributed by atoms with Crippen molar-refractivity contribution in [3.05, 3.63) is 155 Å². The fourth-order valence-electron chi connectivity index (χ4n) is 5.93. The first-order chi connectivity index (χ1) is 22.5. The van der Waals surface area contributed by atoms with Crippen LogP contribution in [-0.4, -0.2) is 50.4 Å². The van der Waals surface area contributed by atoms with Crippen LogP contribution in [0.25, 0.3) is 5.57 Å². The minimum Gasteiger partial charge on any atom is -0.367 e. The van der Waals surface area contributed by atoms with Crippen LogP contribution in [0.15, 0.2) is 132 Å². The summed E-state index contributed by atoms with van der Waals surface area (Å²) >= 11 is 0. The van der Waals surface area contributed by atoms with Gasteiger partial charge >= 0.3 is 0 Å². The lowest BCUT2D eigenvalue weighted by atomic mass is 9.90. The lowest BCUT2D eigenvalue weighted by Gasteiger charge is -2.25. The van der Waals surface area contributed by atoms with E-state index in [0.717, 1.165) is 58.9 Å². The highest BCUT2D eigenvalue weighted by molar-refractivity contribution is 7.85. The fraction of sp³-hybridized carbons (Fsp3) is 0.225. The van der Waals surface area contributed by atoms with Crippen LogP contribution in [0.2, 0.25) is 0 Å². The van der Waals surface area contributed by atoms with E-state index in [1.54, 1.807) is 6.07 Å². The predicted octanol–water partition coefficient (Wildman–Crippen LogP) is 7.94. The topological polar surface area (TPSA) is 63.9 Å². The number of hydrogen-bond acceptors (Lipinski definition) is 4. The standard InChI is InChI=1S/C40H43N3O3S/c1-6-42(28-31-11-8-10-30(3)26-31)37-22-16-34(17-23-37)40(33-14-20-36(21-15-33)41(4)5)35-18-24-38(25-19-35)43(7-2)29-32-12-9-13-39(27-32)47(44,45)46/h8-27H,6-7,28-29H2,1-5H3/p+1. The summed E-state index contributed by atoms with van der Waals surface area (Å²) in [6.07, 6.45) is 8.67. The van der Waals surface area contributed by atoms with Crippen molar-refractivity contribution in [3.63, 3.8) is 0 Å². The van der Waals surface area contributed by atoms with Gasteiger partial charge in [0, 0.05) is 49.7 Å². The summed E-state index contributed by atoms with van der Waals surface area (Å²) in [5, 5.41) is 0. The van der Waals surface area contributed by atoms with Crippen molar-refractivity contribution in [2.75, 3.05) is 37.0 Å². The molecular formula is C40H44N3O3S+. The highest BCUT2D eigenvalue weighted by Gasteiger charge is 2.16. The minimum atomic E-state index is -4.26. The summed E-state index contributed by atoms with van der Waals surface area (Å²) < 4.78 is 35.0. The monoisotopic (exact) mass is 646 g/mol. The van der Waals surface area contributed by atoms with Crippen LogP contribution < -0.4 is 9.80 Å². The number of benzene rings is 4. The van der Waals surface area contributed by atoms with Crippen LogP contribution >= 0.6 is 0 Å². The summed E-state index contributed by atoms with van der Waals surface area (Å²) in [6.45, 7) is 9.41. The third-order valence-corrected chi connectivity index (χ3v) is 9.35. The van der Waals surface area contributed by atoms with Gasteiger partial charge in [-0.15, -0.1) is 0 Å². The predicted molar refractivity (Wildman–Crippen MR) is 195 cm³/mol. The molecule has 0 unspecified atom stereocenters. The van der Waals surface area contributed by atoms with Crippen LogP contribution in [0.4, 0.5) is 11.4 Å². The first-order valence-electron chi connectivity index (χ1n) is 16.0. The lowest BCUT2D eigenvalue weighted by molar-refractivity contribution is -0.462. The molecule has 0 heterocycles. The number of allylic oxidation sites excluding steroid dienone is 5. The van der Waals surface area contributed by atoms with Crippen LogP contribution in [0.1, 0.15) is 41.7 Å². The zero-order chi connectivity index (χ0) is 33.6. The largest absolute Gasteiger partial charge is 0.367 e. The molecule has 0 radical (unpaired) electrons. The number of hydrogen-bond donors (Lipinski definition) is 1. The van der Waals surface area contributed by atoms with Crippen molar-refractivity contribution in [2.24, 2.45) is 0 Å². The van der Waals surface area contributed by atoms with E-state index in [1.165, 1.54) is 28.9 Å². The first-order valence-corrected chi connectivity index (χ1v) is 17.5. The Kier molecular flexibility index (Phi) is 10.6. The summed E-state index contributed by atoms with van der Waals surface area (Å²) in [4.78, 5) is 4.48. The van der Waals surface area contributed by atoms with Gasteiger partial charge in [-0.3, -0.25) is 4.55 Å². The van der Waals surface area contributed by atoms with Crippen molar-refractivity contribution in [1.82, 2.24) is 0 Å². The molecule has 1 aliphatic rings. The van der Waals surface area contributed by atoms with Gasteiger partial charge in [0.05, 0.1) is 4.90 Å². The zero-order valence-corrected chi connectivity index (χ0v) is 28.7. The third kappa shape index (κ3) is 8.36. The van der Waals surface area contributed by atoms with E-state index in [-0.39, 0.29) is 4.90 Å². The van der Waals surface area contributed by atoms with E-state index in [0.29, 0.717) is 6.54 Å². The molecule has 1 aliphatic carbocycles. The van der Waals surface area contributed by atoms with Gasteiger partial charge in [-0.2, -0.15) is 8.42 Å². The highest BCUT2D eigenvalue weighted by Crippen LogP contribution is 2.33. The van der Waals surface area contributed by atoms with E-state index >= 15 is 0 Å². The average molecular weight is 647 g/mol. The smallest absolute Gasteiger partial charge is 0.294 e. The van der Waals surface area contributed by atoms with Gasteiger partial charge in [0.2, 0.25) is 0 Å². The summed E-state index contributed by atoms with van der Waals surface area (Å²) in [5.41, 5.74) is 11.3. The van der Waals surface area contributed by atoms with Crippen molar-refractivity contribution < 1.29 is 17.5 Å². The maximum absolute atomic E-state index is 11.7. The van der Waals surface area contributed by atoms with Gasteiger partial charge in [-0.05, 0) is 103 Å². The molecule has 7 heteroatoms. The molecule has 0 saturated carbocycles. The van der Waals surface area contributed by atoms with Crippen molar-refractivity contribution >= 4 is 32.8 Å². The van der Waals surface area contributed by atoms with E-state index in [9.17, 15) is 13.0 Å². The van der Waals surface area contributed by atoms with Crippen molar-refractivity contribution in [3.8, 4) is 0 Å². The number of rotatable bonds is 11. The Bertz CT molecular complexity index is 1930. The number of aryl methyl sites for hydroxylation is 1. The quantitative estimate of drug-likeness (QED) is 0.132. The second-order valence-electron chi connectivity index (χ2n) is 12.0. The molecule has 47 heavy (non-hydrogen) atoms. The molecule has 5 rings (SSSR count). The SMILES string of the molecule is CCN(Cc1cccc(C)c1)c1ccc(C(=C2C=CC(=[N+](C)C)C=C2)c2ccc(N(CC)Cc3cccc(S(=O)(=O)O)c3)cc2)cc1. The van der Waals surface area contributed by atoms with E-state index in [2.05, 4.69) is 132 Å². The number of anilines is 2. The highest BCUT2D eigenvalue weighted by atomic mass is 32.2. The van der Waals surface area contributed by atoms with Crippen molar-refractivity contribution in [2.45, 2.75) is 38.8 Å². The Morgan fingerprint density at radius 3 is 1.62 bits per heavy atom. The fourth-order valence-corrected chi connectivity index (χ4v) is 6.48. The molecular weight excluding hydrogens is 603 g/mol. The molecule has 1 N–H and O–H groups in total. The molecule has 4 aromatic carbocycles. The van der Waals surface area contributed by atoms with Gasteiger partial charge in [0.15, 0.2) is 5.71 Å². The summed E-state index contributed by atoms with van der Waals surface area (Å²) in [6, 6.07) is 32.6. The van der Waals surface area contributed by atoms with Crippen LogP contribution in [0.3, 0.4) is 0 Å². The van der Waals surface area contributed by atoms with Crippen LogP contribution in [0.5, 0.6) is 0 Å². The molecule has 6 nitrogen and oxygen atoms in total. The molecule has 0 amide bonds. The van der Waals surface area contributed by atoms with E-state index in [1.807, 2.05) is 20.2 Å². The Morgan fingerprint density at radius 2 is 1.17 bits per heavy atom. The van der Waals surface area contributed by atoms with Crippen LogP contribution in [0, 0.1) is 6.92 Å². The van der Waals surface area contributed by atoms with Crippen molar-refractivity contribution in [1.29, 1.82) is 0 Å². The molecule has 0 saturated heterocycles. The Labute approximate surface area is 280 Å².